The molecule has 0 unspecified atom stereocenters. The van der Waals surface area contributed by atoms with Crippen LogP contribution in [0.15, 0.2) is 55.0 Å². The summed E-state index contributed by atoms with van der Waals surface area (Å²) in [6.07, 6.45) is 8.36. The van der Waals surface area contributed by atoms with Gasteiger partial charge in [0, 0.05) is 56.6 Å². The molecule has 0 radical (unpaired) electrons. The van der Waals surface area contributed by atoms with E-state index in [1.54, 1.807) is 12.4 Å². The van der Waals surface area contributed by atoms with Crippen LogP contribution >= 0.6 is 0 Å². The summed E-state index contributed by atoms with van der Waals surface area (Å²) >= 11 is 0. The molecule has 44 heavy (non-hydrogen) atoms. The van der Waals surface area contributed by atoms with Gasteiger partial charge in [-0.05, 0) is 70.3 Å². The Kier molecular flexibility index (Phi) is 9.64. The normalized spacial score (nSPS) is 17.4. The molecule has 0 saturated heterocycles. The summed E-state index contributed by atoms with van der Waals surface area (Å²) in [4.78, 5) is 26.2. The second-order valence-corrected chi connectivity index (χ2v) is 19.3. The fourth-order valence-electron chi connectivity index (χ4n) is 5.20. The zero-order valence-corrected chi connectivity index (χ0v) is 27.7. The number of nitrogens with zero attached hydrogens (tertiary/aromatic N) is 5. The SMILES string of the molecule is CC(C)(C)OC(=O)N[C@H]1CCC[C@@H](Oc2cccc(-c3nn(COCC[Si](C)(C)C)c4cnc(-c5cccnc5)cc34)n2)C1. The maximum absolute atomic E-state index is 12.3. The number of fused-ring (bicyclic) bond motifs is 1. The van der Waals surface area contributed by atoms with Crippen molar-refractivity contribution in [1.82, 2.24) is 30.0 Å². The first kappa shape index (κ1) is 31.6. The number of amides is 1. The van der Waals surface area contributed by atoms with E-state index in [2.05, 4.69) is 29.9 Å². The van der Waals surface area contributed by atoms with Gasteiger partial charge in [-0.1, -0.05) is 25.7 Å². The number of aromatic nitrogens is 5. The molecule has 5 rings (SSSR count). The van der Waals surface area contributed by atoms with E-state index in [-0.39, 0.29) is 12.1 Å². The van der Waals surface area contributed by atoms with Crippen molar-refractivity contribution in [3.63, 3.8) is 0 Å². The minimum atomic E-state index is -1.21. The van der Waals surface area contributed by atoms with Crippen LogP contribution in [0.25, 0.3) is 33.5 Å². The van der Waals surface area contributed by atoms with Gasteiger partial charge in [-0.15, -0.1) is 0 Å². The van der Waals surface area contributed by atoms with E-state index in [0.29, 0.717) is 31.3 Å². The Morgan fingerprint density at radius 3 is 2.68 bits per heavy atom. The lowest BCUT2D eigenvalue weighted by Crippen LogP contribution is -2.43. The van der Waals surface area contributed by atoms with Crippen molar-refractivity contribution in [2.45, 2.75) is 96.6 Å². The van der Waals surface area contributed by atoms with Crippen LogP contribution in [0.1, 0.15) is 46.5 Å². The predicted octanol–water partition coefficient (Wildman–Crippen LogP) is 7.08. The topological polar surface area (TPSA) is 113 Å². The number of hydrogen-bond donors (Lipinski definition) is 1. The van der Waals surface area contributed by atoms with Gasteiger partial charge in [0.05, 0.1) is 23.1 Å². The number of ether oxygens (including phenoxy) is 3. The molecule has 1 N–H and O–H groups in total. The van der Waals surface area contributed by atoms with E-state index < -0.39 is 19.8 Å². The van der Waals surface area contributed by atoms with Crippen LogP contribution in [-0.4, -0.2) is 63.3 Å². The van der Waals surface area contributed by atoms with E-state index in [0.717, 1.165) is 53.2 Å². The van der Waals surface area contributed by atoms with Gasteiger partial charge in [-0.25, -0.2) is 14.5 Å². The zero-order chi connectivity index (χ0) is 31.3. The van der Waals surface area contributed by atoms with Gasteiger partial charge >= 0.3 is 6.09 Å². The smallest absolute Gasteiger partial charge is 0.407 e. The number of pyridine rings is 3. The Morgan fingerprint density at radius 1 is 1.09 bits per heavy atom. The van der Waals surface area contributed by atoms with Crippen LogP contribution in [0, 0.1) is 0 Å². The first-order valence-corrected chi connectivity index (χ1v) is 19.1. The second-order valence-electron chi connectivity index (χ2n) is 13.6. The fourth-order valence-corrected chi connectivity index (χ4v) is 5.96. The standard InChI is InChI=1S/C33H44N6O4Si/c1-33(2,3)43-32(40)36-24-11-7-12-25(18-24)42-30-14-8-13-27(37-30)31-26-19-28(23-10-9-15-34-20-23)35-21-29(26)39(38-31)22-41-16-17-44(4,5)6/h8-10,13-15,19-21,24-25H,7,11-12,16-18,22H2,1-6H3,(H,36,40)/t24-,25+/m0/s1. The molecule has 10 nitrogen and oxygen atoms in total. The van der Waals surface area contributed by atoms with Crippen LogP contribution in [0.3, 0.4) is 0 Å². The predicted molar refractivity (Wildman–Crippen MR) is 174 cm³/mol. The third-order valence-electron chi connectivity index (χ3n) is 7.40. The minimum Gasteiger partial charge on any atom is -0.474 e. The lowest BCUT2D eigenvalue weighted by molar-refractivity contribution is 0.0461. The summed E-state index contributed by atoms with van der Waals surface area (Å²) in [5.41, 5.74) is 3.51. The lowest BCUT2D eigenvalue weighted by Gasteiger charge is -2.30. The molecular weight excluding hydrogens is 572 g/mol. The van der Waals surface area contributed by atoms with Crippen LogP contribution in [0.4, 0.5) is 4.79 Å². The first-order chi connectivity index (χ1) is 20.9. The number of hydrogen-bond acceptors (Lipinski definition) is 8. The maximum Gasteiger partial charge on any atom is 0.407 e. The summed E-state index contributed by atoms with van der Waals surface area (Å²) < 4.78 is 19.8. The molecule has 0 bridgehead atoms. The van der Waals surface area contributed by atoms with Gasteiger partial charge < -0.3 is 19.5 Å². The average Bonchev–Trinajstić information content (AvgIpc) is 3.32. The number of carbonyl (C=O) groups excluding carboxylic acids is 1. The number of carbonyl (C=O) groups is 1. The van der Waals surface area contributed by atoms with Crippen molar-refractivity contribution in [3.05, 3.63) is 55.0 Å². The monoisotopic (exact) mass is 616 g/mol. The maximum atomic E-state index is 12.3. The van der Waals surface area contributed by atoms with Crippen molar-refractivity contribution in [2.75, 3.05) is 6.61 Å². The molecule has 1 fully saturated rings. The van der Waals surface area contributed by atoms with Crippen LogP contribution in [0.5, 0.6) is 5.88 Å². The molecule has 0 spiro atoms. The summed E-state index contributed by atoms with van der Waals surface area (Å²) in [5, 5.41) is 8.89. The molecule has 0 aliphatic heterocycles. The van der Waals surface area contributed by atoms with Gasteiger partial charge in [0.25, 0.3) is 0 Å². The van der Waals surface area contributed by atoms with Crippen LogP contribution < -0.4 is 10.1 Å². The van der Waals surface area contributed by atoms with Gasteiger partial charge in [-0.2, -0.15) is 5.10 Å². The Bertz CT molecular complexity index is 1560. The van der Waals surface area contributed by atoms with Gasteiger partial charge in [0.2, 0.25) is 5.88 Å². The summed E-state index contributed by atoms with van der Waals surface area (Å²) in [6.45, 7) is 13.6. The Hall–Kier alpha value is -3.83. The molecule has 1 amide bonds. The lowest BCUT2D eigenvalue weighted by atomic mass is 9.93. The van der Waals surface area contributed by atoms with Crippen LogP contribution in [-0.2, 0) is 16.2 Å². The highest BCUT2D eigenvalue weighted by Crippen LogP contribution is 2.31. The van der Waals surface area contributed by atoms with E-state index in [4.69, 9.17) is 29.3 Å². The average molecular weight is 617 g/mol. The molecule has 1 saturated carbocycles. The Balaban J connectivity index is 1.37. The fraction of sp³-hybridized carbons (Fsp3) is 0.485. The Labute approximate surface area is 260 Å². The van der Waals surface area contributed by atoms with E-state index in [9.17, 15) is 4.79 Å². The highest BCUT2D eigenvalue weighted by molar-refractivity contribution is 6.76. The molecular formula is C33H44N6O4Si. The third-order valence-corrected chi connectivity index (χ3v) is 9.11. The minimum absolute atomic E-state index is 0.00854. The molecule has 2 atom stereocenters. The van der Waals surface area contributed by atoms with E-state index in [1.165, 1.54) is 0 Å². The highest BCUT2D eigenvalue weighted by Gasteiger charge is 2.27. The summed E-state index contributed by atoms with van der Waals surface area (Å²) in [7, 11) is -1.21. The molecule has 11 heteroatoms. The van der Waals surface area contributed by atoms with Gasteiger partial charge in [0.1, 0.15) is 24.1 Å². The van der Waals surface area contributed by atoms with Crippen molar-refractivity contribution >= 4 is 25.1 Å². The van der Waals surface area contributed by atoms with Gasteiger partial charge in [0.15, 0.2) is 0 Å². The molecule has 4 aromatic rings. The molecule has 234 valence electrons. The first-order valence-electron chi connectivity index (χ1n) is 15.4. The zero-order valence-electron chi connectivity index (χ0n) is 26.7. The molecule has 0 aromatic carbocycles. The van der Waals surface area contributed by atoms with Crippen molar-refractivity contribution in [3.8, 4) is 28.5 Å². The van der Waals surface area contributed by atoms with Crippen LogP contribution in [0.2, 0.25) is 25.7 Å². The van der Waals surface area contributed by atoms with E-state index >= 15 is 0 Å². The molecule has 4 aromatic heterocycles. The summed E-state index contributed by atoms with van der Waals surface area (Å²) in [6, 6.07) is 12.8. The van der Waals surface area contributed by atoms with Crippen molar-refractivity contribution in [1.29, 1.82) is 0 Å². The quantitative estimate of drug-likeness (QED) is 0.149. The number of nitrogens with one attached hydrogen (secondary N) is 1. The number of rotatable bonds is 10. The Morgan fingerprint density at radius 2 is 1.93 bits per heavy atom. The summed E-state index contributed by atoms with van der Waals surface area (Å²) in [5.74, 6) is 0.529. The molecule has 1 aliphatic carbocycles. The van der Waals surface area contributed by atoms with Gasteiger partial charge in [-0.3, -0.25) is 9.97 Å². The second kappa shape index (κ2) is 13.4. The molecule has 4 heterocycles. The molecule has 1 aliphatic rings. The van der Waals surface area contributed by atoms with Crippen molar-refractivity contribution < 1.29 is 19.0 Å². The van der Waals surface area contributed by atoms with Crippen molar-refractivity contribution in [2.24, 2.45) is 0 Å². The number of alkyl carbamates (subject to hydrolysis) is 1. The largest absolute Gasteiger partial charge is 0.474 e. The highest BCUT2D eigenvalue weighted by atomic mass is 28.3. The third kappa shape index (κ3) is 8.63. The van der Waals surface area contributed by atoms with E-state index in [1.807, 2.05) is 68.0 Å².